The second kappa shape index (κ2) is 3.61. The fraction of sp³-hybridized carbons (Fsp3) is 0.200. The lowest BCUT2D eigenvalue weighted by Gasteiger charge is -2.01. The molecule has 0 aromatic carbocycles. The zero-order chi connectivity index (χ0) is 10.8. The molecule has 76 valence electrons. The van der Waals surface area contributed by atoms with Gasteiger partial charge in [0, 0.05) is 12.6 Å². The van der Waals surface area contributed by atoms with Crippen molar-refractivity contribution in [3.8, 4) is 0 Å². The Kier molecular flexibility index (Phi) is 2.29. The van der Waals surface area contributed by atoms with Crippen LogP contribution in [0.3, 0.4) is 0 Å². The first-order valence-electron chi connectivity index (χ1n) is 4.50. The summed E-state index contributed by atoms with van der Waals surface area (Å²) in [6, 6.07) is 1.64. The van der Waals surface area contributed by atoms with Crippen LogP contribution in [-0.2, 0) is 7.05 Å². The summed E-state index contributed by atoms with van der Waals surface area (Å²) in [4.78, 5) is 16.0. The molecule has 0 aliphatic heterocycles. The van der Waals surface area contributed by atoms with E-state index in [1.807, 2.05) is 14.0 Å². The largest absolute Gasteiger partial charge is 0.329 e. The van der Waals surface area contributed by atoms with Gasteiger partial charge in [0.25, 0.3) is 0 Å². The van der Waals surface area contributed by atoms with E-state index in [1.165, 1.54) is 12.4 Å². The number of nitrogens with zero attached hydrogens (tertiary/aromatic N) is 4. The van der Waals surface area contributed by atoms with Crippen LogP contribution in [0.15, 0.2) is 24.7 Å². The fourth-order valence-electron chi connectivity index (χ4n) is 1.29. The molecule has 0 aliphatic carbocycles. The van der Waals surface area contributed by atoms with Crippen LogP contribution in [0.1, 0.15) is 21.9 Å². The molecule has 0 saturated carbocycles. The van der Waals surface area contributed by atoms with Gasteiger partial charge in [0.2, 0.25) is 5.78 Å². The van der Waals surface area contributed by atoms with Gasteiger partial charge in [-0.05, 0) is 13.0 Å². The van der Waals surface area contributed by atoms with E-state index in [9.17, 15) is 4.79 Å². The Labute approximate surface area is 86.8 Å². The molecule has 0 saturated heterocycles. The van der Waals surface area contributed by atoms with Gasteiger partial charge in [-0.2, -0.15) is 10.2 Å². The van der Waals surface area contributed by atoms with Crippen molar-refractivity contribution in [1.29, 1.82) is 0 Å². The van der Waals surface area contributed by atoms with Crippen LogP contribution >= 0.6 is 0 Å². The van der Waals surface area contributed by atoms with E-state index < -0.39 is 0 Å². The summed E-state index contributed by atoms with van der Waals surface area (Å²) in [5.74, 6) is 0.716. The van der Waals surface area contributed by atoms with Crippen LogP contribution in [-0.4, -0.2) is 25.5 Å². The fourth-order valence-corrected chi connectivity index (χ4v) is 1.29. The zero-order valence-electron chi connectivity index (χ0n) is 8.51. The molecule has 0 N–H and O–H groups in total. The average Bonchev–Trinajstić information content (AvgIpc) is 2.60. The molecule has 0 amide bonds. The highest BCUT2D eigenvalue weighted by atomic mass is 16.1. The predicted molar refractivity (Wildman–Crippen MR) is 53.4 cm³/mol. The normalized spacial score (nSPS) is 10.3. The van der Waals surface area contributed by atoms with Crippen molar-refractivity contribution in [3.05, 3.63) is 41.7 Å². The summed E-state index contributed by atoms with van der Waals surface area (Å²) >= 11 is 0. The number of hydrogen-bond donors (Lipinski definition) is 0. The minimum Gasteiger partial charge on any atom is -0.329 e. The van der Waals surface area contributed by atoms with Crippen molar-refractivity contribution in [2.24, 2.45) is 7.05 Å². The van der Waals surface area contributed by atoms with Gasteiger partial charge in [0.15, 0.2) is 0 Å². The quantitative estimate of drug-likeness (QED) is 0.674. The molecule has 5 heteroatoms. The van der Waals surface area contributed by atoms with E-state index in [0.29, 0.717) is 11.3 Å². The standard InChI is InChI=1S/C10H10N4O/c1-7-11-6-9(14(7)2)10(15)8-3-4-12-13-5-8/h3-6H,1-2H3. The molecule has 5 nitrogen and oxygen atoms in total. The van der Waals surface area contributed by atoms with Gasteiger partial charge in [0.05, 0.1) is 18.6 Å². The first-order chi connectivity index (χ1) is 7.20. The highest BCUT2D eigenvalue weighted by Crippen LogP contribution is 2.08. The molecular weight excluding hydrogens is 192 g/mol. The summed E-state index contributed by atoms with van der Waals surface area (Å²) in [6.07, 6.45) is 4.51. The van der Waals surface area contributed by atoms with Crippen molar-refractivity contribution in [1.82, 2.24) is 19.7 Å². The number of rotatable bonds is 2. The van der Waals surface area contributed by atoms with E-state index in [2.05, 4.69) is 15.2 Å². The smallest absolute Gasteiger partial charge is 0.212 e. The van der Waals surface area contributed by atoms with E-state index in [-0.39, 0.29) is 5.78 Å². The molecule has 2 heterocycles. The van der Waals surface area contributed by atoms with Gasteiger partial charge in [-0.3, -0.25) is 4.79 Å². The lowest BCUT2D eigenvalue weighted by molar-refractivity contribution is 0.103. The molecule has 0 fully saturated rings. The van der Waals surface area contributed by atoms with Gasteiger partial charge < -0.3 is 4.57 Å². The Morgan fingerprint density at radius 3 is 2.67 bits per heavy atom. The third-order valence-corrected chi connectivity index (χ3v) is 2.30. The Hall–Kier alpha value is -2.04. The molecular formula is C10H10N4O. The maximum atomic E-state index is 12.0. The van der Waals surface area contributed by atoms with Crippen molar-refractivity contribution in [2.45, 2.75) is 6.92 Å². The highest BCUT2D eigenvalue weighted by Gasteiger charge is 2.14. The van der Waals surface area contributed by atoms with Crippen molar-refractivity contribution >= 4 is 5.78 Å². The first kappa shape index (κ1) is 9.51. The number of carbonyl (C=O) groups excluding carboxylic acids is 1. The molecule has 0 radical (unpaired) electrons. The van der Waals surface area contributed by atoms with Crippen LogP contribution in [0, 0.1) is 6.92 Å². The third kappa shape index (κ3) is 1.63. The van der Waals surface area contributed by atoms with E-state index in [1.54, 1.807) is 16.8 Å². The van der Waals surface area contributed by atoms with Crippen LogP contribution in [0.5, 0.6) is 0 Å². The number of aromatic nitrogens is 4. The SMILES string of the molecule is Cc1ncc(C(=O)c2ccnnc2)n1C. The van der Waals surface area contributed by atoms with Crippen molar-refractivity contribution < 1.29 is 4.79 Å². The number of imidazole rings is 1. The Bertz CT molecular complexity index is 489. The lowest BCUT2D eigenvalue weighted by Crippen LogP contribution is -2.08. The number of hydrogen-bond acceptors (Lipinski definition) is 4. The Balaban J connectivity index is 2.42. The van der Waals surface area contributed by atoms with Gasteiger partial charge in [0.1, 0.15) is 11.5 Å². The first-order valence-corrected chi connectivity index (χ1v) is 4.50. The molecule has 0 spiro atoms. The summed E-state index contributed by atoms with van der Waals surface area (Å²) in [7, 11) is 1.81. The van der Waals surface area contributed by atoms with Gasteiger partial charge >= 0.3 is 0 Å². The lowest BCUT2D eigenvalue weighted by atomic mass is 10.1. The highest BCUT2D eigenvalue weighted by molar-refractivity contribution is 6.07. The monoisotopic (exact) mass is 202 g/mol. The predicted octanol–water partition coefficient (Wildman–Crippen LogP) is 0.750. The van der Waals surface area contributed by atoms with E-state index in [4.69, 9.17) is 0 Å². The van der Waals surface area contributed by atoms with Gasteiger partial charge in [-0.15, -0.1) is 0 Å². The third-order valence-electron chi connectivity index (χ3n) is 2.30. The molecule has 2 aromatic rings. The summed E-state index contributed by atoms with van der Waals surface area (Å²) in [5, 5.41) is 7.29. The van der Waals surface area contributed by atoms with Crippen molar-refractivity contribution in [3.63, 3.8) is 0 Å². The molecule has 0 unspecified atom stereocenters. The summed E-state index contributed by atoms with van der Waals surface area (Å²) < 4.78 is 1.75. The van der Waals surface area contributed by atoms with Crippen LogP contribution in [0.2, 0.25) is 0 Å². The van der Waals surface area contributed by atoms with E-state index >= 15 is 0 Å². The molecule has 15 heavy (non-hydrogen) atoms. The molecule has 2 aromatic heterocycles. The van der Waals surface area contributed by atoms with Crippen LogP contribution in [0.25, 0.3) is 0 Å². The minimum atomic E-state index is -0.0898. The number of aryl methyl sites for hydroxylation is 1. The number of carbonyl (C=O) groups is 1. The maximum absolute atomic E-state index is 12.0. The minimum absolute atomic E-state index is 0.0898. The maximum Gasteiger partial charge on any atom is 0.212 e. The van der Waals surface area contributed by atoms with Gasteiger partial charge in [-0.25, -0.2) is 4.98 Å². The second-order valence-corrected chi connectivity index (χ2v) is 3.21. The molecule has 2 rings (SSSR count). The molecule has 0 atom stereocenters. The van der Waals surface area contributed by atoms with Crippen molar-refractivity contribution in [2.75, 3.05) is 0 Å². The molecule has 0 bridgehead atoms. The zero-order valence-corrected chi connectivity index (χ0v) is 8.51. The number of ketones is 1. The van der Waals surface area contributed by atoms with Gasteiger partial charge in [-0.1, -0.05) is 0 Å². The molecule has 0 aliphatic rings. The topological polar surface area (TPSA) is 60.7 Å². The summed E-state index contributed by atoms with van der Waals surface area (Å²) in [6.45, 7) is 1.85. The average molecular weight is 202 g/mol. The second-order valence-electron chi connectivity index (χ2n) is 3.21. The Morgan fingerprint density at radius 2 is 2.13 bits per heavy atom. The summed E-state index contributed by atoms with van der Waals surface area (Å²) in [5.41, 5.74) is 1.08. The van der Waals surface area contributed by atoms with Crippen LogP contribution in [0.4, 0.5) is 0 Å². The Morgan fingerprint density at radius 1 is 1.33 bits per heavy atom. The van der Waals surface area contributed by atoms with Crippen LogP contribution < -0.4 is 0 Å². The van der Waals surface area contributed by atoms with E-state index in [0.717, 1.165) is 5.82 Å².